The highest BCUT2D eigenvalue weighted by Crippen LogP contribution is 2.33. The third kappa shape index (κ3) is 4.95. The van der Waals surface area contributed by atoms with Crippen molar-refractivity contribution in [3.63, 3.8) is 0 Å². The summed E-state index contributed by atoms with van der Waals surface area (Å²) in [5.74, 6) is -4.59. The standard InChI is InChI=1S/C20H13FN2O6S2/c21-13-4-2-1-3-10(13)8-15-17(25)23(20(30)31-15)9-16(24)22-14-7-11(18(26)27)5-6-12(14)19(28)29/h1-8H,9H2,(H,22,24)(H,26,27)(H,28,29)/b15-8-. The minimum atomic E-state index is -1.37. The second-order valence-electron chi connectivity index (χ2n) is 6.21. The van der Waals surface area contributed by atoms with Gasteiger partial charge in [0, 0.05) is 5.56 Å². The molecule has 158 valence electrons. The number of carbonyl (C=O) groups excluding carboxylic acids is 2. The third-order valence-electron chi connectivity index (χ3n) is 4.14. The highest BCUT2D eigenvalue weighted by atomic mass is 32.2. The molecular weight excluding hydrogens is 447 g/mol. The fourth-order valence-corrected chi connectivity index (χ4v) is 3.92. The summed E-state index contributed by atoms with van der Waals surface area (Å²) in [4.78, 5) is 48.7. The van der Waals surface area contributed by atoms with Gasteiger partial charge in [-0.2, -0.15) is 0 Å². The van der Waals surface area contributed by atoms with Gasteiger partial charge in [-0.1, -0.05) is 42.2 Å². The molecular formula is C20H13FN2O6S2. The number of hydrogen-bond donors (Lipinski definition) is 3. The molecule has 0 unspecified atom stereocenters. The number of aromatic carboxylic acids is 2. The van der Waals surface area contributed by atoms with Crippen molar-refractivity contribution in [2.45, 2.75) is 0 Å². The summed E-state index contributed by atoms with van der Waals surface area (Å²) in [6, 6.07) is 8.99. The maximum atomic E-state index is 13.8. The SMILES string of the molecule is O=C(CN1C(=O)/C(=C/c2ccccc2F)SC1=S)Nc1cc(C(=O)O)ccc1C(=O)O. The molecule has 2 aromatic rings. The van der Waals surface area contributed by atoms with Gasteiger partial charge < -0.3 is 15.5 Å². The molecule has 0 aliphatic carbocycles. The van der Waals surface area contributed by atoms with Crippen LogP contribution in [0.1, 0.15) is 26.3 Å². The monoisotopic (exact) mass is 460 g/mol. The summed E-state index contributed by atoms with van der Waals surface area (Å²) in [5, 5.41) is 20.6. The van der Waals surface area contributed by atoms with Crippen LogP contribution < -0.4 is 5.32 Å². The lowest BCUT2D eigenvalue weighted by Crippen LogP contribution is -2.36. The number of anilines is 1. The smallest absolute Gasteiger partial charge is 0.337 e. The molecule has 1 heterocycles. The Hall–Kier alpha value is -3.57. The van der Waals surface area contributed by atoms with Crippen LogP contribution in [0.2, 0.25) is 0 Å². The summed E-state index contributed by atoms with van der Waals surface area (Å²) in [5.41, 5.74) is -0.587. The van der Waals surface area contributed by atoms with Crippen molar-refractivity contribution >= 4 is 63.8 Å². The Kier molecular flexibility index (Phi) is 6.47. The molecule has 2 aromatic carbocycles. The van der Waals surface area contributed by atoms with E-state index >= 15 is 0 Å². The van der Waals surface area contributed by atoms with E-state index in [4.69, 9.17) is 17.3 Å². The molecule has 0 saturated carbocycles. The molecule has 1 fully saturated rings. The Morgan fingerprint density at radius 3 is 2.48 bits per heavy atom. The van der Waals surface area contributed by atoms with Gasteiger partial charge in [-0.25, -0.2) is 14.0 Å². The van der Waals surface area contributed by atoms with Crippen molar-refractivity contribution in [2.24, 2.45) is 0 Å². The van der Waals surface area contributed by atoms with Gasteiger partial charge in [0.25, 0.3) is 5.91 Å². The van der Waals surface area contributed by atoms with E-state index in [2.05, 4.69) is 5.32 Å². The summed E-state index contributed by atoms with van der Waals surface area (Å²) in [6.07, 6.45) is 1.32. The molecule has 0 radical (unpaired) electrons. The number of amides is 2. The van der Waals surface area contributed by atoms with Crippen molar-refractivity contribution in [1.29, 1.82) is 0 Å². The molecule has 0 spiro atoms. The van der Waals surface area contributed by atoms with Crippen LogP contribution in [0.3, 0.4) is 0 Å². The molecule has 3 rings (SSSR count). The first kappa shape index (κ1) is 22.1. The van der Waals surface area contributed by atoms with Gasteiger partial charge >= 0.3 is 11.9 Å². The maximum absolute atomic E-state index is 13.8. The molecule has 1 aliphatic rings. The number of thioether (sulfide) groups is 1. The Bertz CT molecular complexity index is 1160. The minimum absolute atomic E-state index is 0.0699. The van der Waals surface area contributed by atoms with Gasteiger partial charge in [-0.3, -0.25) is 14.5 Å². The fraction of sp³-hybridized carbons (Fsp3) is 0.0500. The number of carboxylic acids is 2. The second-order valence-corrected chi connectivity index (χ2v) is 7.88. The average molecular weight is 460 g/mol. The maximum Gasteiger partial charge on any atom is 0.337 e. The summed E-state index contributed by atoms with van der Waals surface area (Å²) >= 11 is 6.03. The van der Waals surface area contributed by atoms with Crippen LogP contribution in [0.15, 0.2) is 47.4 Å². The normalized spacial score (nSPS) is 14.7. The lowest BCUT2D eigenvalue weighted by Gasteiger charge is -2.15. The van der Waals surface area contributed by atoms with E-state index < -0.39 is 36.1 Å². The van der Waals surface area contributed by atoms with Crippen molar-refractivity contribution in [3.8, 4) is 0 Å². The predicted octanol–water partition coefficient (Wildman–Crippen LogP) is 3.06. The van der Waals surface area contributed by atoms with Gasteiger partial charge in [0.1, 0.15) is 16.7 Å². The fourth-order valence-electron chi connectivity index (χ4n) is 2.67. The molecule has 1 aliphatic heterocycles. The van der Waals surface area contributed by atoms with Crippen molar-refractivity contribution in [3.05, 3.63) is 69.9 Å². The first-order valence-electron chi connectivity index (χ1n) is 8.57. The Balaban J connectivity index is 1.78. The molecule has 2 amide bonds. The van der Waals surface area contributed by atoms with Crippen molar-refractivity contribution in [2.75, 3.05) is 11.9 Å². The lowest BCUT2D eigenvalue weighted by atomic mass is 10.1. The number of carbonyl (C=O) groups is 4. The van der Waals surface area contributed by atoms with E-state index in [0.717, 1.165) is 34.9 Å². The lowest BCUT2D eigenvalue weighted by molar-refractivity contribution is -0.126. The molecule has 11 heteroatoms. The molecule has 0 atom stereocenters. The number of thiocarbonyl (C=S) groups is 1. The van der Waals surface area contributed by atoms with Crippen molar-refractivity contribution < 1.29 is 33.8 Å². The topological polar surface area (TPSA) is 124 Å². The Labute approximate surface area is 184 Å². The van der Waals surface area contributed by atoms with Crippen LogP contribution in [0.4, 0.5) is 10.1 Å². The number of benzene rings is 2. The van der Waals surface area contributed by atoms with Crippen LogP contribution in [0.5, 0.6) is 0 Å². The summed E-state index contributed by atoms with van der Waals surface area (Å²) in [6.45, 7) is -0.532. The number of hydrogen-bond acceptors (Lipinski definition) is 6. The van der Waals surface area contributed by atoms with Gasteiger partial charge in [0.2, 0.25) is 5.91 Å². The van der Waals surface area contributed by atoms with Gasteiger partial charge in [0.05, 0.1) is 21.7 Å². The zero-order valence-corrected chi connectivity index (χ0v) is 17.1. The molecule has 3 N–H and O–H groups in total. The van der Waals surface area contributed by atoms with E-state index in [1.807, 2.05) is 0 Å². The van der Waals surface area contributed by atoms with E-state index in [9.17, 15) is 28.7 Å². The van der Waals surface area contributed by atoms with E-state index in [-0.39, 0.29) is 31.6 Å². The number of halogens is 1. The van der Waals surface area contributed by atoms with E-state index in [1.54, 1.807) is 6.07 Å². The highest BCUT2D eigenvalue weighted by Gasteiger charge is 2.33. The molecule has 0 bridgehead atoms. The molecule has 8 nitrogen and oxygen atoms in total. The molecule has 1 saturated heterocycles. The van der Waals surface area contributed by atoms with Crippen molar-refractivity contribution in [1.82, 2.24) is 4.90 Å². The number of rotatable bonds is 6. The van der Waals surface area contributed by atoms with Crippen LogP contribution in [-0.2, 0) is 9.59 Å². The third-order valence-corrected chi connectivity index (χ3v) is 5.52. The first-order valence-corrected chi connectivity index (χ1v) is 9.80. The second kappa shape index (κ2) is 9.06. The summed E-state index contributed by atoms with van der Waals surface area (Å²) < 4.78 is 13.9. The average Bonchev–Trinajstić information content (AvgIpc) is 2.96. The first-order chi connectivity index (χ1) is 14.7. The molecule has 0 aromatic heterocycles. The van der Waals surface area contributed by atoms with E-state index in [0.29, 0.717) is 0 Å². The quantitative estimate of drug-likeness (QED) is 0.444. The van der Waals surface area contributed by atoms with Gasteiger partial charge in [0.15, 0.2) is 0 Å². The zero-order chi connectivity index (χ0) is 22.7. The number of nitrogens with one attached hydrogen (secondary N) is 1. The number of carboxylic acid groups (broad SMARTS) is 2. The molecule has 31 heavy (non-hydrogen) atoms. The van der Waals surface area contributed by atoms with Crippen LogP contribution in [0.25, 0.3) is 6.08 Å². The van der Waals surface area contributed by atoms with Gasteiger partial charge in [-0.15, -0.1) is 0 Å². The zero-order valence-electron chi connectivity index (χ0n) is 15.5. The van der Waals surface area contributed by atoms with Crippen LogP contribution >= 0.6 is 24.0 Å². The van der Waals surface area contributed by atoms with Crippen LogP contribution in [0, 0.1) is 5.82 Å². The summed E-state index contributed by atoms with van der Waals surface area (Å²) in [7, 11) is 0. The van der Waals surface area contributed by atoms with Gasteiger partial charge in [-0.05, 0) is 30.3 Å². The minimum Gasteiger partial charge on any atom is -0.478 e. The number of nitrogens with zero attached hydrogens (tertiary/aromatic N) is 1. The van der Waals surface area contributed by atoms with E-state index in [1.165, 1.54) is 24.3 Å². The Morgan fingerprint density at radius 2 is 1.84 bits per heavy atom. The Morgan fingerprint density at radius 1 is 1.13 bits per heavy atom. The highest BCUT2D eigenvalue weighted by molar-refractivity contribution is 8.26. The largest absolute Gasteiger partial charge is 0.478 e. The van der Waals surface area contributed by atoms with Crippen LogP contribution in [-0.4, -0.2) is 49.7 Å². The predicted molar refractivity (Wildman–Crippen MR) is 115 cm³/mol.